The molecule has 0 atom stereocenters. The van der Waals surface area contributed by atoms with E-state index >= 15 is 0 Å². The molecule has 2 aliphatic rings. The molecule has 2 fully saturated rings. The molecule has 6 heteroatoms. The average Bonchev–Trinajstić information content (AvgIpc) is 3.44. The van der Waals surface area contributed by atoms with Crippen molar-refractivity contribution in [3.05, 3.63) is 47.9 Å². The Hall–Kier alpha value is -2.73. The van der Waals surface area contributed by atoms with E-state index in [9.17, 15) is 4.79 Å². The number of aromatic nitrogens is 3. The van der Waals surface area contributed by atoms with E-state index < -0.39 is 0 Å². The number of hydrogen-bond acceptors (Lipinski definition) is 4. The Bertz CT molecular complexity index is 1030. The second-order valence-corrected chi connectivity index (χ2v) is 8.71. The highest BCUT2D eigenvalue weighted by Gasteiger charge is 2.21. The van der Waals surface area contributed by atoms with Gasteiger partial charge in [-0.1, -0.05) is 25.3 Å². The lowest BCUT2D eigenvalue weighted by atomic mass is 10.0. The van der Waals surface area contributed by atoms with Crippen LogP contribution in [0.2, 0.25) is 0 Å². The predicted molar refractivity (Wildman–Crippen MR) is 118 cm³/mol. The van der Waals surface area contributed by atoms with Gasteiger partial charge in [-0.15, -0.1) is 0 Å². The molecule has 0 spiro atoms. The lowest BCUT2D eigenvalue weighted by Crippen LogP contribution is -2.32. The molecule has 0 radical (unpaired) electrons. The van der Waals surface area contributed by atoms with Gasteiger partial charge in [0.05, 0.1) is 5.52 Å². The zero-order valence-corrected chi connectivity index (χ0v) is 17.4. The standard InChI is InChI=1S/C24H29N5O/c30-24(26-20-6-2-3-7-20)23-21-13-18(8-9-22(21)27-28-23)19-12-17(14-25-15-19)16-29-10-4-1-5-11-29/h8-9,12-15,20H,1-7,10-11,16H2,(H,26,30)(H,27,28). The van der Waals surface area contributed by atoms with Crippen LogP contribution >= 0.6 is 0 Å². The summed E-state index contributed by atoms with van der Waals surface area (Å²) in [6.07, 6.45) is 12.3. The maximum Gasteiger partial charge on any atom is 0.272 e. The summed E-state index contributed by atoms with van der Waals surface area (Å²) in [6.45, 7) is 3.29. The first kappa shape index (κ1) is 19.2. The van der Waals surface area contributed by atoms with Gasteiger partial charge in [0.15, 0.2) is 5.69 Å². The van der Waals surface area contributed by atoms with Gasteiger partial charge >= 0.3 is 0 Å². The number of amides is 1. The third kappa shape index (κ3) is 4.10. The van der Waals surface area contributed by atoms with Gasteiger partial charge in [0.1, 0.15) is 0 Å². The lowest BCUT2D eigenvalue weighted by molar-refractivity contribution is 0.0934. The molecule has 0 unspecified atom stereocenters. The minimum atomic E-state index is -0.0812. The summed E-state index contributed by atoms with van der Waals surface area (Å²) in [6, 6.07) is 8.64. The Balaban J connectivity index is 1.39. The molecule has 156 valence electrons. The summed E-state index contributed by atoms with van der Waals surface area (Å²) < 4.78 is 0. The average molecular weight is 404 g/mol. The first-order chi connectivity index (χ1) is 14.8. The number of rotatable bonds is 5. The van der Waals surface area contributed by atoms with E-state index in [0.717, 1.165) is 41.4 Å². The summed E-state index contributed by atoms with van der Waals surface area (Å²) in [5.41, 5.74) is 4.74. The molecular weight excluding hydrogens is 374 g/mol. The van der Waals surface area contributed by atoms with Crippen molar-refractivity contribution in [2.24, 2.45) is 0 Å². The van der Waals surface area contributed by atoms with E-state index in [-0.39, 0.29) is 11.9 Å². The summed E-state index contributed by atoms with van der Waals surface area (Å²) in [5, 5.41) is 11.3. The van der Waals surface area contributed by atoms with Gasteiger partial charge in [-0.2, -0.15) is 5.10 Å². The summed E-state index contributed by atoms with van der Waals surface area (Å²) in [5.74, 6) is -0.0812. The van der Waals surface area contributed by atoms with Crippen LogP contribution in [0.5, 0.6) is 0 Å². The van der Waals surface area contributed by atoms with Crippen LogP contribution in [0, 0.1) is 0 Å². The van der Waals surface area contributed by atoms with Crippen molar-refractivity contribution < 1.29 is 4.79 Å². The summed E-state index contributed by atoms with van der Waals surface area (Å²) in [4.78, 5) is 19.8. The first-order valence-corrected chi connectivity index (χ1v) is 11.2. The van der Waals surface area contributed by atoms with Crippen LogP contribution in [0.4, 0.5) is 0 Å². The van der Waals surface area contributed by atoms with E-state index in [2.05, 4.69) is 43.6 Å². The Kier molecular flexibility index (Phi) is 5.49. The minimum Gasteiger partial charge on any atom is -0.348 e. The number of aromatic amines is 1. The number of carbonyl (C=O) groups excluding carboxylic acids is 1. The molecule has 1 aromatic carbocycles. The summed E-state index contributed by atoms with van der Waals surface area (Å²) in [7, 11) is 0. The molecule has 2 N–H and O–H groups in total. The number of piperidine rings is 1. The van der Waals surface area contributed by atoms with Crippen LogP contribution in [0.3, 0.4) is 0 Å². The Labute approximate surface area is 177 Å². The molecule has 1 saturated heterocycles. The lowest BCUT2D eigenvalue weighted by Gasteiger charge is -2.26. The summed E-state index contributed by atoms with van der Waals surface area (Å²) >= 11 is 0. The quantitative estimate of drug-likeness (QED) is 0.667. The van der Waals surface area contributed by atoms with Crippen molar-refractivity contribution in [2.75, 3.05) is 13.1 Å². The second kappa shape index (κ2) is 8.56. The third-order valence-electron chi connectivity index (χ3n) is 6.45. The van der Waals surface area contributed by atoms with Crippen LogP contribution < -0.4 is 5.32 Å². The molecule has 30 heavy (non-hydrogen) atoms. The Morgan fingerprint density at radius 3 is 2.70 bits per heavy atom. The van der Waals surface area contributed by atoms with Crippen LogP contribution in [0.15, 0.2) is 36.7 Å². The van der Waals surface area contributed by atoms with E-state index in [1.165, 1.54) is 50.8 Å². The van der Waals surface area contributed by atoms with Gasteiger partial charge in [0.25, 0.3) is 5.91 Å². The smallest absolute Gasteiger partial charge is 0.272 e. The fraction of sp³-hybridized carbons (Fsp3) is 0.458. The maximum absolute atomic E-state index is 12.8. The number of likely N-dealkylation sites (tertiary alicyclic amines) is 1. The number of hydrogen-bond donors (Lipinski definition) is 2. The number of fused-ring (bicyclic) bond motifs is 1. The van der Waals surface area contributed by atoms with Crippen LogP contribution in [-0.4, -0.2) is 45.1 Å². The van der Waals surface area contributed by atoms with Gasteiger partial charge in [0.2, 0.25) is 0 Å². The van der Waals surface area contributed by atoms with Crippen molar-refractivity contribution in [3.63, 3.8) is 0 Å². The molecule has 3 aromatic rings. The highest BCUT2D eigenvalue weighted by atomic mass is 16.2. The minimum absolute atomic E-state index is 0.0812. The van der Waals surface area contributed by atoms with Crippen molar-refractivity contribution >= 4 is 16.8 Å². The molecule has 5 rings (SSSR count). The Morgan fingerprint density at radius 2 is 1.87 bits per heavy atom. The zero-order chi connectivity index (χ0) is 20.3. The molecular formula is C24H29N5O. The maximum atomic E-state index is 12.8. The molecule has 6 nitrogen and oxygen atoms in total. The van der Waals surface area contributed by atoms with Crippen LogP contribution in [0.25, 0.3) is 22.0 Å². The van der Waals surface area contributed by atoms with Gasteiger partial charge in [0, 0.05) is 35.9 Å². The first-order valence-electron chi connectivity index (χ1n) is 11.2. The molecule has 1 amide bonds. The van der Waals surface area contributed by atoms with E-state index in [1.807, 2.05) is 18.5 Å². The van der Waals surface area contributed by atoms with Crippen LogP contribution in [-0.2, 0) is 6.54 Å². The second-order valence-electron chi connectivity index (χ2n) is 8.71. The SMILES string of the molecule is O=C(NC1CCCC1)c1n[nH]c2ccc(-c3cncc(CN4CCCCC4)c3)cc12. The third-order valence-corrected chi connectivity index (χ3v) is 6.45. The molecule has 3 heterocycles. The van der Waals surface area contributed by atoms with Crippen molar-refractivity contribution in [1.82, 2.24) is 25.4 Å². The van der Waals surface area contributed by atoms with Gasteiger partial charge in [-0.3, -0.25) is 19.8 Å². The number of carbonyl (C=O) groups is 1. The molecule has 0 bridgehead atoms. The molecule has 1 aliphatic heterocycles. The van der Waals surface area contributed by atoms with E-state index in [4.69, 9.17) is 0 Å². The zero-order valence-electron chi connectivity index (χ0n) is 17.4. The normalized spacial score (nSPS) is 18.1. The number of benzene rings is 1. The van der Waals surface area contributed by atoms with Gasteiger partial charge in [-0.05, 0) is 68.1 Å². The Morgan fingerprint density at radius 1 is 1.03 bits per heavy atom. The molecule has 1 saturated carbocycles. The fourth-order valence-electron chi connectivity index (χ4n) is 4.80. The van der Waals surface area contributed by atoms with Crippen molar-refractivity contribution in [3.8, 4) is 11.1 Å². The molecule has 2 aromatic heterocycles. The highest BCUT2D eigenvalue weighted by Crippen LogP contribution is 2.27. The number of H-pyrrole nitrogens is 1. The highest BCUT2D eigenvalue weighted by molar-refractivity contribution is 6.05. The number of nitrogens with zero attached hydrogens (tertiary/aromatic N) is 3. The topological polar surface area (TPSA) is 73.9 Å². The number of nitrogens with one attached hydrogen (secondary N) is 2. The number of pyridine rings is 1. The monoisotopic (exact) mass is 403 g/mol. The van der Waals surface area contributed by atoms with E-state index in [1.54, 1.807) is 0 Å². The fourth-order valence-corrected chi connectivity index (χ4v) is 4.80. The van der Waals surface area contributed by atoms with Gasteiger partial charge in [-0.25, -0.2) is 0 Å². The van der Waals surface area contributed by atoms with E-state index in [0.29, 0.717) is 5.69 Å². The van der Waals surface area contributed by atoms with Crippen molar-refractivity contribution in [1.29, 1.82) is 0 Å². The largest absolute Gasteiger partial charge is 0.348 e. The van der Waals surface area contributed by atoms with Crippen molar-refractivity contribution in [2.45, 2.75) is 57.5 Å². The van der Waals surface area contributed by atoms with Gasteiger partial charge < -0.3 is 5.32 Å². The molecule has 1 aliphatic carbocycles. The predicted octanol–water partition coefficient (Wildman–Crippen LogP) is 4.28. The van der Waals surface area contributed by atoms with Crippen LogP contribution in [0.1, 0.15) is 61.0 Å².